The van der Waals surface area contributed by atoms with Crippen LogP contribution in [0, 0.1) is 0 Å². The fraction of sp³-hybridized carbons (Fsp3) is 0.267. The highest BCUT2D eigenvalue weighted by molar-refractivity contribution is 5.52. The highest BCUT2D eigenvalue weighted by atomic mass is 16.3. The second kappa shape index (κ2) is 4.42. The molecule has 92 valence electrons. The molecular formula is C15H16N2O. The third-order valence-electron chi connectivity index (χ3n) is 3.41. The summed E-state index contributed by atoms with van der Waals surface area (Å²) in [6, 6.07) is 12.2. The first-order valence-electron chi connectivity index (χ1n) is 6.20. The summed E-state index contributed by atoms with van der Waals surface area (Å²) in [5.41, 5.74) is 3.59. The maximum absolute atomic E-state index is 9.82. The molecule has 1 aromatic heterocycles. The van der Waals surface area contributed by atoms with Gasteiger partial charge >= 0.3 is 0 Å². The minimum Gasteiger partial charge on any atom is -0.389 e. The minimum absolute atomic E-state index is 0.489. The van der Waals surface area contributed by atoms with Crippen molar-refractivity contribution >= 4 is 5.82 Å². The van der Waals surface area contributed by atoms with Crippen LogP contribution in [0.4, 0.5) is 5.82 Å². The van der Waals surface area contributed by atoms with E-state index in [1.54, 1.807) is 13.1 Å². The summed E-state index contributed by atoms with van der Waals surface area (Å²) in [7, 11) is 0. The molecule has 0 bridgehead atoms. The highest BCUT2D eigenvalue weighted by Crippen LogP contribution is 2.31. The van der Waals surface area contributed by atoms with Gasteiger partial charge in [0.1, 0.15) is 5.82 Å². The number of fused-ring (bicyclic) bond motifs is 1. The maximum atomic E-state index is 9.82. The molecule has 3 nitrogen and oxygen atoms in total. The maximum Gasteiger partial charge on any atom is 0.134 e. The zero-order valence-electron chi connectivity index (χ0n) is 10.4. The van der Waals surface area contributed by atoms with Gasteiger partial charge in [0.15, 0.2) is 0 Å². The minimum atomic E-state index is -0.489. The van der Waals surface area contributed by atoms with Gasteiger partial charge in [-0.25, -0.2) is 4.98 Å². The van der Waals surface area contributed by atoms with Crippen molar-refractivity contribution in [3.8, 4) is 0 Å². The number of nitrogens with zero attached hydrogens (tertiary/aromatic N) is 2. The quantitative estimate of drug-likeness (QED) is 0.876. The molecule has 0 fully saturated rings. The van der Waals surface area contributed by atoms with E-state index in [1.165, 1.54) is 11.1 Å². The van der Waals surface area contributed by atoms with Crippen LogP contribution in [0.5, 0.6) is 0 Å². The van der Waals surface area contributed by atoms with E-state index in [2.05, 4.69) is 34.1 Å². The molecule has 1 N–H and O–H groups in total. The van der Waals surface area contributed by atoms with E-state index in [9.17, 15) is 5.11 Å². The van der Waals surface area contributed by atoms with Gasteiger partial charge in [0.2, 0.25) is 0 Å². The Kier molecular flexibility index (Phi) is 2.76. The molecule has 0 unspecified atom stereocenters. The lowest BCUT2D eigenvalue weighted by Gasteiger charge is -2.21. The molecule has 1 aliphatic heterocycles. The summed E-state index contributed by atoms with van der Waals surface area (Å²) in [6.45, 7) is 3.52. The summed E-state index contributed by atoms with van der Waals surface area (Å²) in [5.74, 6) is 0.892. The van der Waals surface area contributed by atoms with E-state index in [-0.39, 0.29) is 0 Å². The predicted molar refractivity (Wildman–Crippen MR) is 71.2 cm³/mol. The number of hydrogen-bond acceptors (Lipinski definition) is 3. The van der Waals surface area contributed by atoms with Crippen LogP contribution in [-0.2, 0) is 13.1 Å². The average molecular weight is 240 g/mol. The SMILES string of the molecule is C[C@H](O)c1cccnc1N1Cc2ccccc2C1. The van der Waals surface area contributed by atoms with E-state index in [1.807, 2.05) is 12.1 Å². The van der Waals surface area contributed by atoms with Gasteiger partial charge in [0.05, 0.1) is 6.10 Å². The van der Waals surface area contributed by atoms with Crippen molar-refractivity contribution in [2.45, 2.75) is 26.1 Å². The first-order valence-corrected chi connectivity index (χ1v) is 6.20. The molecule has 3 heteroatoms. The zero-order valence-corrected chi connectivity index (χ0v) is 10.4. The van der Waals surface area contributed by atoms with Gasteiger partial charge in [0, 0.05) is 24.8 Å². The molecule has 0 spiro atoms. The van der Waals surface area contributed by atoms with Crippen LogP contribution in [0.25, 0.3) is 0 Å². The number of aliphatic hydroxyl groups excluding tert-OH is 1. The van der Waals surface area contributed by atoms with Crippen molar-refractivity contribution in [1.82, 2.24) is 4.98 Å². The van der Waals surface area contributed by atoms with Crippen molar-refractivity contribution in [2.75, 3.05) is 4.90 Å². The molecule has 1 atom stereocenters. The summed E-state index contributed by atoms with van der Waals surface area (Å²) >= 11 is 0. The van der Waals surface area contributed by atoms with Crippen molar-refractivity contribution in [2.24, 2.45) is 0 Å². The van der Waals surface area contributed by atoms with Crippen LogP contribution in [0.3, 0.4) is 0 Å². The van der Waals surface area contributed by atoms with E-state index in [0.717, 1.165) is 24.5 Å². The predicted octanol–water partition coefficient (Wildman–Crippen LogP) is 2.66. The Morgan fingerprint density at radius 1 is 1.11 bits per heavy atom. The van der Waals surface area contributed by atoms with E-state index < -0.39 is 6.10 Å². The van der Waals surface area contributed by atoms with Crippen LogP contribution in [-0.4, -0.2) is 10.1 Å². The van der Waals surface area contributed by atoms with Crippen molar-refractivity contribution in [3.63, 3.8) is 0 Å². The van der Waals surface area contributed by atoms with Crippen LogP contribution in [0.1, 0.15) is 29.7 Å². The molecule has 0 amide bonds. The molecule has 3 rings (SSSR count). The fourth-order valence-electron chi connectivity index (χ4n) is 2.48. The lowest BCUT2D eigenvalue weighted by Crippen LogP contribution is -2.18. The number of aromatic nitrogens is 1. The number of hydrogen-bond donors (Lipinski definition) is 1. The van der Waals surface area contributed by atoms with Crippen molar-refractivity contribution in [1.29, 1.82) is 0 Å². The molecule has 2 heterocycles. The Balaban J connectivity index is 1.95. The first kappa shape index (κ1) is 11.2. The molecule has 18 heavy (non-hydrogen) atoms. The molecule has 0 saturated heterocycles. The lowest BCUT2D eigenvalue weighted by molar-refractivity contribution is 0.199. The number of aliphatic hydroxyl groups is 1. The fourth-order valence-corrected chi connectivity index (χ4v) is 2.48. The first-order chi connectivity index (χ1) is 8.75. The molecule has 1 aliphatic rings. The highest BCUT2D eigenvalue weighted by Gasteiger charge is 2.22. The molecule has 0 aliphatic carbocycles. The van der Waals surface area contributed by atoms with Gasteiger partial charge in [-0.05, 0) is 24.1 Å². The molecule has 2 aromatic rings. The molecule has 0 saturated carbocycles. The Morgan fingerprint density at radius 2 is 1.78 bits per heavy atom. The van der Waals surface area contributed by atoms with Crippen molar-refractivity contribution in [3.05, 3.63) is 59.3 Å². The average Bonchev–Trinajstić information content (AvgIpc) is 2.82. The third kappa shape index (κ3) is 1.87. The van der Waals surface area contributed by atoms with Gasteiger partial charge in [0.25, 0.3) is 0 Å². The summed E-state index contributed by atoms with van der Waals surface area (Å²) in [6.07, 6.45) is 1.29. The van der Waals surface area contributed by atoms with Crippen LogP contribution < -0.4 is 4.90 Å². The van der Waals surface area contributed by atoms with E-state index in [4.69, 9.17) is 0 Å². The van der Waals surface area contributed by atoms with Gasteiger partial charge in [-0.2, -0.15) is 0 Å². The Bertz CT molecular complexity index is 541. The van der Waals surface area contributed by atoms with Gasteiger partial charge < -0.3 is 10.0 Å². The van der Waals surface area contributed by atoms with Gasteiger partial charge in [-0.1, -0.05) is 30.3 Å². The Hall–Kier alpha value is -1.87. The molecule has 1 aromatic carbocycles. The zero-order chi connectivity index (χ0) is 12.5. The smallest absolute Gasteiger partial charge is 0.134 e. The number of rotatable bonds is 2. The van der Waals surface area contributed by atoms with Gasteiger partial charge in [-0.3, -0.25) is 0 Å². The summed E-state index contributed by atoms with van der Waals surface area (Å²) < 4.78 is 0. The number of benzene rings is 1. The monoisotopic (exact) mass is 240 g/mol. The van der Waals surface area contributed by atoms with Crippen LogP contribution in [0.15, 0.2) is 42.6 Å². The summed E-state index contributed by atoms with van der Waals surface area (Å²) in [5, 5.41) is 9.82. The van der Waals surface area contributed by atoms with Gasteiger partial charge in [-0.15, -0.1) is 0 Å². The number of pyridine rings is 1. The Morgan fingerprint density at radius 3 is 2.39 bits per heavy atom. The topological polar surface area (TPSA) is 36.4 Å². The van der Waals surface area contributed by atoms with Crippen LogP contribution in [0.2, 0.25) is 0 Å². The number of anilines is 1. The Labute approximate surface area is 107 Å². The summed E-state index contributed by atoms with van der Waals surface area (Å²) in [4.78, 5) is 6.65. The molecule has 0 radical (unpaired) electrons. The normalized spacial score (nSPS) is 15.6. The lowest BCUT2D eigenvalue weighted by atomic mass is 10.1. The largest absolute Gasteiger partial charge is 0.389 e. The van der Waals surface area contributed by atoms with E-state index in [0.29, 0.717) is 0 Å². The van der Waals surface area contributed by atoms with Crippen LogP contribution >= 0.6 is 0 Å². The standard InChI is InChI=1S/C15H16N2O/c1-11(18)14-7-4-8-16-15(14)17-9-12-5-2-3-6-13(12)10-17/h2-8,11,18H,9-10H2,1H3/t11-/m0/s1. The molecular weight excluding hydrogens is 224 g/mol. The third-order valence-corrected chi connectivity index (χ3v) is 3.41. The second-order valence-corrected chi connectivity index (χ2v) is 4.72. The van der Waals surface area contributed by atoms with Crippen molar-refractivity contribution < 1.29 is 5.11 Å². The van der Waals surface area contributed by atoms with E-state index >= 15 is 0 Å². The second-order valence-electron chi connectivity index (χ2n) is 4.72.